The van der Waals surface area contributed by atoms with Crippen molar-refractivity contribution in [3.8, 4) is 0 Å². The van der Waals surface area contributed by atoms with Crippen LogP contribution in [0.5, 0.6) is 0 Å². The van der Waals surface area contributed by atoms with Crippen molar-refractivity contribution in [3.63, 3.8) is 0 Å². The topological polar surface area (TPSA) is 55.7 Å². The predicted octanol–water partition coefficient (Wildman–Crippen LogP) is 0.918. The molecule has 2 N–H and O–H groups in total. The molecule has 122 valence electrons. The number of amides is 1. The van der Waals surface area contributed by atoms with Crippen LogP contribution in [0.15, 0.2) is 42.0 Å². The third kappa shape index (κ3) is 3.96. The van der Waals surface area contributed by atoms with Gasteiger partial charge in [0, 0.05) is 12.4 Å². The van der Waals surface area contributed by atoms with Gasteiger partial charge in [0.2, 0.25) is 0 Å². The van der Waals surface area contributed by atoms with Gasteiger partial charge >= 0.3 is 0 Å². The molecule has 0 saturated carbocycles. The first-order chi connectivity index (χ1) is 11.3. The molecule has 1 aliphatic heterocycles. The predicted molar refractivity (Wildman–Crippen MR) is 89.7 cm³/mol. The van der Waals surface area contributed by atoms with Gasteiger partial charge in [0.15, 0.2) is 0 Å². The molecule has 0 radical (unpaired) electrons. The van der Waals surface area contributed by atoms with Gasteiger partial charge in [0.25, 0.3) is 5.91 Å². The summed E-state index contributed by atoms with van der Waals surface area (Å²) < 4.78 is 5.48. The van der Waals surface area contributed by atoms with Crippen LogP contribution in [0.3, 0.4) is 0 Å². The lowest BCUT2D eigenvalue weighted by Crippen LogP contribution is -3.15. The van der Waals surface area contributed by atoms with Crippen LogP contribution >= 0.6 is 11.3 Å². The number of hydrogen-bond donors (Lipinski definition) is 2. The van der Waals surface area contributed by atoms with Crippen LogP contribution < -0.4 is 10.2 Å². The SMILES string of the molecule is CC(NC(=O)c1cccnc1)C(c1cccs1)[NH+]1CCOCC1. The Morgan fingerprint density at radius 3 is 2.83 bits per heavy atom. The summed E-state index contributed by atoms with van der Waals surface area (Å²) in [7, 11) is 0. The summed E-state index contributed by atoms with van der Waals surface area (Å²) in [5.74, 6) is -0.0696. The molecular formula is C17H22N3O2S+. The number of ether oxygens (including phenoxy) is 1. The van der Waals surface area contributed by atoms with E-state index in [1.165, 1.54) is 9.78 Å². The maximum atomic E-state index is 12.4. The summed E-state index contributed by atoms with van der Waals surface area (Å²) >= 11 is 1.75. The molecule has 5 nitrogen and oxygen atoms in total. The Bertz CT molecular complexity index is 612. The lowest BCUT2D eigenvalue weighted by atomic mass is 10.0. The number of rotatable bonds is 5. The summed E-state index contributed by atoms with van der Waals surface area (Å²) in [6.45, 7) is 5.58. The van der Waals surface area contributed by atoms with Crippen LogP contribution in [-0.2, 0) is 4.74 Å². The Morgan fingerprint density at radius 2 is 2.17 bits per heavy atom. The van der Waals surface area contributed by atoms with Gasteiger partial charge in [-0.2, -0.15) is 0 Å². The van der Waals surface area contributed by atoms with Crippen LogP contribution in [-0.4, -0.2) is 43.2 Å². The van der Waals surface area contributed by atoms with Crippen molar-refractivity contribution in [3.05, 3.63) is 52.5 Å². The van der Waals surface area contributed by atoms with Gasteiger partial charge in [-0.3, -0.25) is 9.78 Å². The normalized spacial score (nSPS) is 18.3. The highest BCUT2D eigenvalue weighted by Gasteiger charge is 2.33. The van der Waals surface area contributed by atoms with Crippen molar-refractivity contribution >= 4 is 17.2 Å². The van der Waals surface area contributed by atoms with Crippen LogP contribution in [0.2, 0.25) is 0 Å². The molecule has 23 heavy (non-hydrogen) atoms. The van der Waals surface area contributed by atoms with Crippen LogP contribution in [0.4, 0.5) is 0 Å². The van der Waals surface area contributed by atoms with E-state index in [0.29, 0.717) is 5.56 Å². The Labute approximate surface area is 140 Å². The number of pyridine rings is 1. The van der Waals surface area contributed by atoms with Crippen LogP contribution in [0.25, 0.3) is 0 Å². The Balaban J connectivity index is 1.75. The fourth-order valence-corrected chi connectivity index (χ4v) is 4.07. The summed E-state index contributed by atoms with van der Waals surface area (Å²) in [6, 6.07) is 8.09. The summed E-state index contributed by atoms with van der Waals surface area (Å²) in [4.78, 5) is 19.2. The number of carbonyl (C=O) groups excluding carboxylic acids is 1. The molecule has 2 unspecified atom stereocenters. The highest BCUT2D eigenvalue weighted by atomic mass is 32.1. The van der Waals surface area contributed by atoms with E-state index in [4.69, 9.17) is 4.74 Å². The number of hydrogen-bond acceptors (Lipinski definition) is 4. The molecule has 1 fully saturated rings. The lowest BCUT2D eigenvalue weighted by molar-refractivity contribution is -0.939. The Kier molecular flexibility index (Phi) is 5.38. The Hall–Kier alpha value is -1.76. The van der Waals surface area contributed by atoms with Crippen molar-refractivity contribution < 1.29 is 14.4 Å². The van der Waals surface area contributed by atoms with E-state index in [2.05, 4.69) is 34.7 Å². The van der Waals surface area contributed by atoms with E-state index in [1.807, 2.05) is 0 Å². The average Bonchev–Trinajstić information content (AvgIpc) is 3.11. The van der Waals surface area contributed by atoms with Gasteiger partial charge in [-0.1, -0.05) is 6.07 Å². The summed E-state index contributed by atoms with van der Waals surface area (Å²) in [6.07, 6.45) is 3.27. The first kappa shape index (κ1) is 16.1. The fraction of sp³-hybridized carbons (Fsp3) is 0.412. The average molecular weight is 332 g/mol. The zero-order chi connectivity index (χ0) is 16.1. The first-order valence-electron chi connectivity index (χ1n) is 7.92. The molecule has 3 rings (SSSR count). The second kappa shape index (κ2) is 7.68. The van der Waals surface area contributed by atoms with Gasteiger partial charge in [-0.05, 0) is 30.5 Å². The number of thiophene rings is 1. The van der Waals surface area contributed by atoms with Gasteiger partial charge in [0.1, 0.15) is 19.1 Å². The van der Waals surface area contributed by atoms with E-state index in [1.54, 1.807) is 35.9 Å². The second-order valence-electron chi connectivity index (χ2n) is 5.77. The number of nitrogens with one attached hydrogen (secondary N) is 2. The molecule has 0 bridgehead atoms. The van der Waals surface area contributed by atoms with E-state index >= 15 is 0 Å². The third-order valence-electron chi connectivity index (χ3n) is 4.21. The standard InChI is InChI=1S/C17H21N3O2S/c1-13(19-17(21)14-4-2-6-18-12-14)16(15-5-3-11-23-15)20-7-9-22-10-8-20/h2-6,11-13,16H,7-10H2,1H3,(H,19,21)/p+1. The van der Waals surface area contributed by atoms with Gasteiger partial charge in [0.05, 0.1) is 29.7 Å². The number of morpholine rings is 1. The lowest BCUT2D eigenvalue weighted by Gasteiger charge is -2.34. The van der Waals surface area contributed by atoms with Crippen molar-refractivity contribution in [2.24, 2.45) is 0 Å². The number of aromatic nitrogens is 1. The van der Waals surface area contributed by atoms with Gasteiger partial charge < -0.3 is 15.0 Å². The minimum Gasteiger partial charge on any atom is -0.370 e. The van der Waals surface area contributed by atoms with Crippen LogP contribution in [0.1, 0.15) is 28.2 Å². The third-order valence-corrected chi connectivity index (χ3v) is 5.16. The largest absolute Gasteiger partial charge is 0.370 e. The minimum atomic E-state index is -0.0696. The van der Waals surface area contributed by atoms with E-state index < -0.39 is 0 Å². The number of carbonyl (C=O) groups is 1. The van der Waals surface area contributed by atoms with Crippen molar-refractivity contribution in [1.29, 1.82) is 0 Å². The fourth-order valence-electron chi connectivity index (χ4n) is 3.08. The second-order valence-corrected chi connectivity index (χ2v) is 6.75. The zero-order valence-corrected chi connectivity index (χ0v) is 14.0. The monoisotopic (exact) mass is 332 g/mol. The molecule has 0 spiro atoms. The quantitative estimate of drug-likeness (QED) is 0.856. The summed E-state index contributed by atoms with van der Waals surface area (Å²) in [5.41, 5.74) is 0.598. The molecule has 3 heterocycles. The molecule has 1 amide bonds. The molecule has 2 atom stereocenters. The van der Waals surface area contributed by atoms with Crippen LogP contribution in [0, 0.1) is 0 Å². The van der Waals surface area contributed by atoms with E-state index in [-0.39, 0.29) is 18.0 Å². The van der Waals surface area contributed by atoms with Crippen molar-refractivity contribution in [2.45, 2.75) is 19.0 Å². The minimum absolute atomic E-state index is 0.0365. The molecular weight excluding hydrogens is 310 g/mol. The number of quaternary nitrogens is 1. The van der Waals surface area contributed by atoms with Gasteiger partial charge in [-0.25, -0.2) is 0 Å². The molecule has 1 aliphatic rings. The van der Waals surface area contributed by atoms with E-state index in [0.717, 1.165) is 26.3 Å². The Morgan fingerprint density at radius 1 is 1.35 bits per heavy atom. The van der Waals surface area contributed by atoms with Crippen molar-refractivity contribution in [1.82, 2.24) is 10.3 Å². The number of nitrogens with zero attached hydrogens (tertiary/aromatic N) is 1. The maximum absolute atomic E-state index is 12.4. The van der Waals surface area contributed by atoms with Crippen molar-refractivity contribution in [2.75, 3.05) is 26.3 Å². The zero-order valence-electron chi connectivity index (χ0n) is 13.2. The molecule has 0 aromatic carbocycles. The smallest absolute Gasteiger partial charge is 0.253 e. The van der Waals surface area contributed by atoms with E-state index in [9.17, 15) is 4.79 Å². The highest BCUT2D eigenvalue weighted by molar-refractivity contribution is 7.10. The molecule has 1 saturated heterocycles. The molecule has 6 heteroatoms. The summed E-state index contributed by atoms with van der Waals surface area (Å²) in [5, 5.41) is 5.24. The molecule has 2 aromatic heterocycles. The first-order valence-corrected chi connectivity index (χ1v) is 8.80. The maximum Gasteiger partial charge on any atom is 0.253 e. The van der Waals surface area contributed by atoms with Gasteiger partial charge in [-0.15, -0.1) is 11.3 Å². The highest BCUT2D eigenvalue weighted by Crippen LogP contribution is 2.20. The molecule has 2 aromatic rings. The molecule has 0 aliphatic carbocycles.